The van der Waals surface area contributed by atoms with Gasteiger partial charge in [0.05, 0.1) is 4.99 Å². The van der Waals surface area contributed by atoms with Crippen molar-refractivity contribution < 1.29 is 0 Å². The van der Waals surface area contributed by atoms with Gasteiger partial charge in [-0.1, -0.05) is 25.6 Å². The van der Waals surface area contributed by atoms with Gasteiger partial charge in [-0.15, -0.1) is 0 Å². The number of nitrogens with one attached hydrogen (secondary N) is 1. The van der Waals surface area contributed by atoms with Crippen molar-refractivity contribution in [1.82, 2.24) is 5.32 Å². The highest BCUT2D eigenvalue weighted by Crippen LogP contribution is 2.44. The standard InChI is InChI=1S/C11H19NS/c1-7-4-5-9-8(6-7)10(13)12-11(9,2)3/h7-9H,4-6H2,1-3H3,(H,12,13)/t7-,8+,9-/m1/s1. The van der Waals surface area contributed by atoms with Crippen LogP contribution >= 0.6 is 12.2 Å². The molecule has 2 heteroatoms. The number of hydrogen-bond acceptors (Lipinski definition) is 1. The third kappa shape index (κ3) is 1.50. The van der Waals surface area contributed by atoms with Gasteiger partial charge in [0.15, 0.2) is 0 Å². The molecule has 0 aromatic rings. The molecule has 1 saturated carbocycles. The second kappa shape index (κ2) is 2.94. The van der Waals surface area contributed by atoms with Crippen LogP contribution in [0.1, 0.15) is 40.0 Å². The largest absolute Gasteiger partial charge is 0.374 e. The van der Waals surface area contributed by atoms with Crippen LogP contribution in [0, 0.1) is 17.8 Å². The van der Waals surface area contributed by atoms with E-state index in [0.717, 1.165) is 16.8 Å². The van der Waals surface area contributed by atoms with Crippen LogP contribution in [0.2, 0.25) is 0 Å². The van der Waals surface area contributed by atoms with E-state index in [-0.39, 0.29) is 5.54 Å². The van der Waals surface area contributed by atoms with Crippen molar-refractivity contribution in [3.8, 4) is 0 Å². The number of rotatable bonds is 0. The normalized spacial score (nSPS) is 42.7. The fraction of sp³-hybridized carbons (Fsp3) is 0.909. The molecule has 0 spiro atoms. The molecule has 2 fully saturated rings. The van der Waals surface area contributed by atoms with Crippen LogP contribution in [-0.4, -0.2) is 10.5 Å². The van der Waals surface area contributed by atoms with Gasteiger partial charge < -0.3 is 5.32 Å². The summed E-state index contributed by atoms with van der Waals surface area (Å²) in [5, 5.41) is 3.49. The lowest BCUT2D eigenvalue weighted by Crippen LogP contribution is -2.40. The monoisotopic (exact) mass is 197 g/mol. The van der Waals surface area contributed by atoms with E-state index in [1.807, 2.05) is 0 Å². The lowest BCUT2D eigenvalue weighted by Gasteiger charge is -2.35. The Labute approximate surface area is 86.3 Å². The molecule has 1 N–H and O–H groups in total. The average molecular weight is 197 g/mol. The average Bonchev–Trinajstić information content (AvgIpc) is 2.22. The highest BCUT2D eigenvalue weighted by molar-refractivity contribution is 7.80. The van der Waals surface area contributed by atoms with Crippen LogP contribution in [0.15, 0.2) is 0 Å². The smallest absolute Gasteiger partial charge is 0.0792 e. The van der Waals surface area contributed by atoms with E-state index < -0.39 is 0 Å². The first-order valence-corrected chi connectivity index (χ1v) is 5.73. The van der Waals surface area contributed by atoms with Gasteiger partial charge in [0.2, 0.25) is 0 Å². The summed E-state index contributed by atoms with van der Waals surface area (Å²) in [6.45, 7) is 6.93. The highest BCUT2D eigenvalue weighted by Gasteiger charge is 2.46. The Morgan fingerprint density at radius 2 is 2.08 bits per heavy atom. The van der Waals surface area contributed by atoms with Crippen LogP contribution in [0.3, 0.4) is 0 Å². The molecule has 0 radical (unpaired) electrons. The van der Waals surface area contributed by atoms with E-state index in [2.05, 4.69) is 26.1 Å². The van der Waals surface area contributed by atoms with Crippen LogP contribution in [-0.2, 0) is 0 Å². The maximum Gasteiger partial charge on any atom is 0.0792 e. The summed E-state index contributed by atoms with van der Waals surface area (Å²) in [5.74, 6) is 2.33. The summed E-state index contributed by atoms with van der Waals surface area (Å²) in [5.41, 5.74) is 0.252. The third-order valence-electron chi connectivity index (χ3n) is 3.82. The summed E-state index contributed by atoms with van der Waals surface area (Å²) >= 11 is 5.41. The molecule has 1 aliphatic heterocycles. The van der Waals surface area contributed by atoms with Crippen LogP contribution in [0.25, 0.3) is 0 Å². The molecule has 2 aliphatic rings. The second-order valence-corrected chi connectivity index (χ2v) is 5.78. The van der Waals surface area contributed by atoms with Crippen LogP contribution in [0.4, 0.5) is 0 Å². The van der Waals surface area contributed by atoms with Crippen molar-refractivity contribution in [3.63, 3.8) is 0 Å². The van der Waals surface area contributed by atoms with E-state index in [1.165, 1.54) is 19.3 Å². The van der Waals surface area contributed by atoms with Gasteiger partial charge in [-0.25, -0.2) is 0 Å². The molecule has 0 bridgehead atoms. The quantitative estimate of drug-likeness (QED) is 0.599. The molecule has 0 unspecified atom stereocenters. The first-order valence-electron chi connectivity index (χ1n) is 5.33. The highest BCUT2D eigenvalue weighted by atomic mass is 32.1. The predicted molar refractivity (Wildman–Crippen MR) is 59.8 cm³/mol. The van der Waals surface area contributed by atoms with Crippen LogP contribution < -0.4 is 5.32 Å². The second-order valence-electron chi connectivity index (χ2n) is 5.34. The van der Waals surface area contributed by atoms with Gasteiger partial charge in [0.25, 0.3) is 0 Å². The zero-order valence-corrected chi connectivity index (χ0v) is 9.58. The Balaban J connectivity index is 2.20. The number of thiocarbonyl (C=S) groups is 1. The van der Waals surface area contributed by atoms with Gasteiger partial charge >= 0.3 is 0 Å². The predicted octanol–water partition coefficient (Wildman–Crippen LogP) is 2.75. The molecule has 0 amide bonds. The maximum atomic E-state index is 5.41. The summed E-state index contributed by atoms with van der Waals surface area (Å²) < 4.78 is 0. The van der Waals surface area contributed by atoms with Crippen molar-refractivity contribution in [3.05, 3.63) is 0 Å². The van der Waals surface area contributed by atoms with E-state index in [9.17, 15) is 0 Å². The topological polar surface area (TPSA) is 12.0 Å². The summed E-state index contributed by atoms with van der Waals surface area (Å²) in [7, 11) is 0. The fourth-order valence-corrected chi connectivity index (χ4v) is 3.56. The lowest BCUT2D eigenvalue weighted by molar-refractivity contribution is 0.189. The van der Waals surface area contributed by atoms with Crippen molar-refractivity contribution in [1.29, 1.82) is 0 Å². The minimum Gasteiger partial charge on any atom is -0.374 e. The Morgan fingerprint density at radius 1 is 1.38 bits per heavy atom. The molecule has 3 atom stereocenters. The van der Waals surface area contributed by atoms with E-state index in [1.54, 1.807) is 0 Å². The molecule has 0 aromatic carbocycles. The minimum atomic E-state index is 0.252. The Kier molecular flexibility index (Phi) is 2.14. The zero-order chi connectivity index (χ0) is 9.64. The first-order chi connectivity index (χ1) is 6.00. The first kappa shape index (κ1) is 9.45. The Bertz CT molecular complexity index is 234. The maximum absolute atomic E-state index is 5.41. The summed E-state index contributed by atoms with van der Waals surface area (Å²) in [6, 6.07) is 0. The molecule has 1 saturated heterocycles. The summed E-state index contributed by atoms with van der Waals surface area (Å²) in [4.78, 5) is 1.13. The molecule has 1 nitrogen and oxygen atoms in total. The third-order valence-corrected chi connectivity index (χ3v) is 4.23. The molecule has 0 aromatic heterocycles. The van der Waals surface area contributed by atoms with Gasteiger partial charge in [0.1, 0.15) is 0 Å². The van der Waals surface area contributed by atoms with Crippen molar-refractivity contribution >= 4 is 17.2 Å². The van der Waals surface area contributed by atoms with Crippen molar-refractivity contribution in [2.45, 2.75) is 45.6 Å². The van der Waals surface area contributed by atoms with Crippen molar-refractivity contribution in [2.75, 3.05) is 0 Å². The van der Waals surface area contributed by atoms with Gasteiger partial charge in [-0.05, 0) is 38.5 Å². The molecule has 1 aliphatic carbocycles. The molecular formula is C11H19NS. The zero-order valence-electron chi connectivity index (χ0n) is 8.76. The molecule has 1 heterocycles. The number of hydrogen-bond donors (Lipinski definition) is 1. The van der Waals surface area contributed by atoms with E-state index >= 15 is 0 Å². The minimum absolute atomic E-state index is 0.252. The van der Waals surface area contributed by atoms with Gasteiger partial charge in [-0.3, -0.25) is 0 Å². The van der Waals surface area contributed by atoms with E-state index in [0.29, 0.717) is 5.92 Å². The Hall–Kier alpha value is -0.110. The SMILES string of the molecule is C[C@@H]1CC[C@@H]2[C@H](C1)C(=S)NC2(C)C. The molecular weight excluding hydrogens is 178 g/mol. The van der Waals surface area contributed by atoms with E-state index in [4.69, 9.17) is 12.2 Å². The molecule has 74 valence electrons. The number of fused-ring (bicyclic) bond motifs is 1. The fourth-order valence-electron chi connectivity index (χ4n) is 3.04. The molecule has 2 rings (SSSR count). The summed E-state index contributed by atoms with van der Waals surface area (Å²) in [6.07, 6.45) is 4.04. The van der Waals surface area contributed by atoms with Crippen LogP contribution in [0.5, 0.6) is 0 Å². The van der Waals surface area contributed by atoms with Gasteiger partial charge in [-0.2, -0.15) is 0 Å². The van der Waals surface area contributed by atoms with Gasteiger partial charge in [0, 0.05) is 11.5 Å². The van der Waals surface area contributed by atoms with Crippen molar-refractivity contribution in [2.24, 2.45) is 17.8 Å². The lowest BCUT2D eigenvalue weighted by atomic mass is 9.70. The Morgan fingerprint density at radius 3 is 2.77 bits per heavy atom. The molecule has 13 heavy (non-hydrogen) atoms.